The van der Waals surface area contributed by atoms with E-state index in [0.29, 0.717) is 5.54 Å². The largest absolute Gasteiger partial charge is 0.381 e. The van der Waals surface area contributed by atoms with Crippen molar-refractivity contribution in [3.63, 3.8) is 0 Å². The summed E-state index contributed by atoms with van der Waals surface area (Å²) in [4.78, 5) is 0. The van der Waals surface area contributed by atoms with Gasteiger partial charge < -0.3 is 14.8 Å². The lowest BCUT2D eigenvalue weighted by Crippen LogP contribution is -2.56. The van der Waals surface area contributed by atoms with E-state index in [0.717, 1.165) is 38.6 Å². The Kier molecular flexibility index (Phi) is 5.23. The minimum atomic E-state index is 0.135. The Morgan fingerprint density at radius 3 is 2.71 bits per heavy atom. The van der Waals surface area contributed by atoms with Crippen molar-refractivity contribution in [1.82, 2.24) is 5.32 Å². The van der Waals surface area contributed by atoms with Crippen molar-refractivity contribution >= 4 is 0 Å². The molecule has 2 unspecified atom stereocenters. The fourth-order valence-corrected chi connectivity index (χ4v) is 4.97. The lowest BCUT2D eigenvalue weighted by molar-refractivity contribution is -0.157. The maximum atomic E-state index is 6.27. The van der Waals surface area contributed by atoms with Gasteiger partial charge in [-0.05, 0) is 57.4 Å². The third-order valence-corrected chi connectivity index (χ3v) is 6.15. The van der Waals surface area contributed by atoms with Crippen LogP contribution in [0, 0.1) is 5.92 Å². The van der Waals surface area contributed by atoms with Crippen molar-refractivity contribution < 1.29 is 9.47 Å². The van der Waals surface area contributed by atoms with Crippen LogP contribution < -0.4 is 5.32 Å². The molecule has 1 spiro atoms. The molecule has 0 saturated carbocycles. The molecule has 0 aromatic rings. The molecule has 3 aliphatic rings. The van der Waals surface area contributed by atoms with E-state index in [1.54, 1.807) is 0 Å². The summed E-state index contributed by atoms with van der Waals surface area (Å²) >= 11 is 0. The van der Waals surface area contributed by atoms with Crippen LogP contribution >= 0.6 is 0 Å². The van der Waals surface area contributed by atoms with Gasteiger partial charge in [0, 0.05) is 25.4 Å². The van der Waals surface area contributed by atoms with Crippen LogP contribution in [0.15, 0.2) is 0 Å². The molecule has 0 aromatic carbocycles. The monoisotopic (exact) mass is 295 g/mol. The molecule has 3 heterocycles. The fourth-order valence-electron chi connectivity index (χ4n) is 4.97. The second-order valence-electron chi connectivity index (χ2n) is 7.48. The molecule has 0 amide bonds. The average Bonchev–Trinajstić information content (AvgIpc) is 2.75. The minimum Gasteiger partial charge on any atom is -0.381 e. The lowest BCUT2D eigenvalue weighted by Gasteiger charge is -2.50. The number of ether oxygens (including phenoxy) is 2. The Hall–Kier alpha value is -0.120. The van der Waals surface area contributed by atoms with Crippen LogP contribution in [0.3, 0.4) is 0 Å². The molecule has 3 aliphatic heterocycles. The lowest BCUT2D eigenvalue weighted by atomic mass is 9.68. The molecule has 2 atom stereocenters. The first kappa shape index (κ1) is 15.8. The summed E-state index contributed by atoms with van der Waals surface area (Å²) in [5, 5.41) is 4.00. The molecule has 0 aromatic heterocycles. The molecular weight excluding hydrogens is 262 g/mol. The summed E-state index contributed by atoms with van der Waals surface area (Å²) in [5.74, 6) is 0.794. The topological polar surface area (TPSA) is 30.5 Å². The molecule has 0 bridgehead atoms. The normalized spacial score (nSPS) is 37.3. The summed E-state index contributed by atoms with van der Waals surface area (Å²) in [6.07, 6.45) is 12.9. The molecule has 0 radical (unpaired) electrons. The smallest absolute Gasteiger partial charge is 0.0729 e. The van der Waals surface area contributed by atoms with Crippen LogP contribution in [-0.2, 0) is 9.47 Å². The van der Waals surface area contributed by atoms with Gasteiger partial charge in [0.25, 0.3) is 0 Å². The second kappa shape index (κ2) is 6.97. The zero-order chi connectivity index (χ0) is 14.6. The summed E-state index contributed by atoms with van der Waals surface area (Å²) < 4.78 is 11.8. The van der Waals surface area contributed by atoms with Crippen LogP contribution in [0.1, 0.15) is 71.1 Å². The molecular formula is C18H33NO2. The number of nitrogens with one attached hydrogen (secondary N) is 1. The van der Waals surface area contributed by atoms with Crippen molar-refractivity contribution in [2.24, 2.45) is 5.92 Å². The highest BCUT2D eigenvalue weighted by Crippen LogP contribution is 2.44. The van der Waals surface area contributed by atoms with E-state index in [1.165, 1.54) is 57.9 Å². The molecule has 122 valence electrons. The third kappa shape index (κ3) is 3.46. The van der Waals surface area contributed by atoms with E-state index in [4.69, 9.17) is 9.47 Å². The summed E-state index contributed by atoms with van der Waals surface area (Å²) in [7, 11) is 0. The Morgan fingerprint density at radius 1 is 1.05 bits per heavy atom. The zero-order valence-corrected chi connectivity index (χ0v) is 13.8. The molecule has 3 fully saturated rings. The van der Waals surface area contributed by atoms with E-state index in [2.05, 4.69) is 12.2 Å². The van der Waals surface area contributed by atoms with Gasteiger partial charge in [-0.1, -0.05) is 26.2 Å². The van der Waals surface area contributed by atoms with Crippen molar-refractivity contribution in [2.45, 2.75) is 82.3 Å². The summed E-state index contributed by atoms with van der Waals surface area (Å²) in [6.45, 7) is 6.30. The number of hydrogen-bond donors (Lipinski definition) is 1. The van der Waals surface area contributed by atoms with Crippen LogP contribution in [0.25, 0.3) is 0 Å². The summed E-state index contributed by atoms with van der Waals surface area (Å²) in [5.41, 5.74) is 0.524. The molecule has 3 nitrogen and oxygen atoms in total. The van der Waals surface area contributed by atoms with Crippen LogP contribution in [0.2, 0.25) is 0 Å². The zero-order valence-electron chi connectivity index (χ0n) is 13.8. The minimum absolute atomic E-state index is 0.135. The van der Waals surface area contributed by atoms with E-state index in [1.807, 2.05) is 0 Å². The Morgan fingerprint density at radius 2 is 1.90 bits per heavy atom. The molecule has 1 N–H and O–H groups in total. The van der Waals surface area contributed by atoms with E-state index in [-0.39, 0.29) is 5.60 Å². The molecule has 21 heavy (non-hydrogen) atoms. The van der Waals surface area contributed by atoms with Gasteiger partial charge in [0.15, 0.2) is 0 Å². The predicted molar refractivity (Wildman–Crippen MR) is 85.6 cm³/mol. The molecule has 3 saturated heterocycles. The Bertz CT molecular complexity index is 312. The van der Waals surface area contributed by atoms with Gasteiger partial charge in [-0.25, -0.2) is 0 Å². The highest BCUT2D eigenvalue weighted by Gasteiger charge is 2.46. The molecule has 0 aliphatic carbocycles. The Balaban J connectivity index is 1.74. The first-order valence-electron chi connectivity index (χ1n) is 9.25. The van der Waals surface area contributed by atoms with Crippen molar-refractivity contribution in [3.8, 4) is 0 Å². The standard InChI is InChI=1S/C18H33NO2/c1-2-7-18(8-4-3-5-11-19-18)16-6-12-21-17(15-16)9-13-20-14-10-17/h16,19H,2-15H2,1H3. The maximum absolute atomic E-state index is 6.27. The molecule has 3 heteroatoms. The highest BCUT2D eigenvalue weighted by atomic mass is 16.5. The van der Waals surface area contributed by atoms with Crippen molar-refractivity contribution in [2.75, 3.05) is 26.4 Å². The van der Waals surface area contributed by atoms with Gasteiger partial charge in [-0.3, -0.25) is 0 Å². The van der Waals surface area contributed by atoms with E-state index in [9.17, 15) is 0 Å². The van der Waals surface area contributed by atoms with Crippen molar-refractivity contribution in [1.29, 1.82) is 0 Å². The molecule has 3 rings (SSSR count). The SMILES string of the molecule is CCCC1(C2CCOC3(CCOCC3)C2)CCCCCN1. The van der Waals surface area contributed by atoms with Crippen LogP contribution in [0.4, 0.5) is 0 Å². The highest BCUT2D eigenvalue weighted by molar-refractivity contribution is 5.01. The van der Waals surface area contributed by atoms with Gasteiger partial charge in [0.2, 0.25) is 0 Å². The first-order chi connectivity index (χ1) is 10.3. The summed E-state index contributed by atoms with van der Waals surface area (Å²) in [6, 6.07) is 0. The van der Waals surface area contributed by atoms with Gasteiger partial charge in [-0.15, -0.1) is 0 Å². The van der Waals surface area contributed by atoms with Gasteiger partial charge in [0.1, 0.15) is 0 Å². The second-order valence-corrected chi connectivity index (χ2v) is 7.48. The van der Waals surface area contributed by atoms with Crippen LogP contribution in [0.5, 0.6) is 0 Å². The first-order valence-corrected chi connectivity index (χ1v) is 9.25. The van der Waals surface area contributed by atoms with E-state index < -0.39 is 0 Å². The van der Waals surface area contributed by atoms with Crippen molar-refractivity contribution in [3.05, 3.63) is 0 Å². The third-order valence-electron chi connectivity index (χ3n) is 6.15. The fraction of sp³-hybridized carbons (Fsp3) is 1.00. The number of hydrogen-bond acceptors (Lipinski definition) is 3. The van der Waals surface area contributed by atoms with Gasteiger partial charge >= 0.3 is 0 Å². The van der Waals surface area contributed by atoms with Gasteiger partial charge in [0.05, 0.1) is 5.60 Å². The Labute approximate surface area is 130 Å². The quantitative estimate of drug-likeness (QED) is 0.862. The van der Waals surface area contributed by atoms with Gasteiger partial charge in [-0.2, -0.15) is 0 Å². The predicted octanol–water partition coefficient (Wildman–Crippen LogP) is 3.66. The van der Waals surface area contributed by atoms with Crippen LogP contribution in [-0.4, -0.2) is 37.5 Å². The van der Waals surface area contributed by atoms with E-state index >= 15 is 0 Å². The maximum Gasteiger partial charge on any atom is 0.0729 e. The average molecular weight is 295 g/mol. The number of rotatable bonds is 3.